The maximum atomic E-state index is 12.5. The van der Waals surface area contributed by atoms with E-state index in [1.54, 1.807) is 6.92 Å². The minimum atomic E-state index is -3.06. The standard InChI is InChI=1S/C17H35NO5Si/c1-8-12-16(15(5)17(19)20-14-13-18(6)7)24(21-9-2,22-10-3)23-11-4/h8-14H2,1-7H3. The van der Waals surface area contributed by atoms with Gasteiger partial charge in [0.15, 0.2) is 0 Å². The molecule has 0 bridgehead atoms. The van der Waals surface area contributed by atoms with Gasteiger partial charge in [0.05, 0.1) is 0 Å². The monoisotopic (exact) mass is 361 g/mol. The molecule has 0 aromatic heterocycles. The molecular formula is C17H35NO5Si. The van der Waals surface area contributed by atoms with Gasteiger partial charge in [0, 0.05) is 37.1 Å². The van der Waals surface area contributed by atoms with Crippen molar-refractivity contribution in [2.45, 2.75) is 47.5 Å². The van der Waals surface area contributed by atoms with E-state index in [9.17, 15) is 4.79 Å². The van der Waals surface area contributed by atoms with E-state index in [4.69, 9.17) is 18.0 Å². The second kappa shape index (κ2) is 12.6. The fourth-order valence-corrected chi connectivity index (χ4v) is 5.36. The first-order chi connectivity index (χ1) is 11.4. The van der Waals surface area contributed by atoms with Gasteiger partial charge in [-0.05, 0) is 48.2 Å². The van der Waals surface area contributed by atoms with Crippen molar-refractivity contribution in [1.29, 1.82) is 0 Å². The molecule has 0 aliphatic carbocycles. The third kappa shape index (κ3) is 7.44. The highest BCUT2D eigenvalue weighted by Crippen LogP contribution is 2.28. The quantitative estimate of drug-likeness (QED) is 0.286. The highest BCUT2D eigenvalue weighted by atomic mass is 28.4. The zero-order valence-corrected chi connectivity index (χ0v) is 17.4. The van der Waals surface area contributed by atoms with E-state index in [0.29, 0.717) is 45.0 Å². The van der Waals surface area contributed by atoms with Crippen LogP contribution in [0.3, 0.4) is 0 Å². The lowest BCUT2D eigenvalue weighted by molar-refractivity contribution is -0.139. The second-order valence-electron chi connectivity index (χ2n) is 5.65. The number of allylic oxidation sites excluding steroid dienone is 1. The maximum Gasteiger partial charge on any atom is 0.533 e. The molecule has 0 aromatic carbocycles. The van der Waals surface area contributed by atoms with Crippen molar-refractivity contribution in [1.82, 2.24) is 4.90 Å². The molecule has 0 fully saturated rings. The van der Waals surface area contributed by atoms with Crippen molar-refractivity contribution in [2.75, 3.05) is 47.1 Å². The normalized spacial score (nSPS) is 13.2. The predicted octanol–water partition coefficient (Wildman–Crippen LogP) is 2.80. The van der Waals surface area contributed by atoms with Crippen molar-refractivity contribution in [3.63, 3.8) is 0 Å². The number of hydrogen-bond acceptors (Lipinski definition) is 6. The smallest absolute Gasteiger partial charge is 0.461 e. The molecular weight excluding hydrogens is 326 g/mol. The van der Waals surface area contributed by atoms with Crippen LogP contribution in [0.2, 0.25) is 0 Å². The van der Waals surface area contributed by atoms with E-state index < -0.39 is 8.80 Å². The Kier molecular flexibility index (Phi) is 12.2. The summed E-state index contributed by atoms with van der Waals surface area (Å²) in [5, 5.41) is 0.838. The summed E-state index contributed by atoms with van der Waals surface area (Å²) >= 11 is 0. The average molecular weight is 362 g/mol. The largest absolute Gasteiger partial charge is 0.533 e. The topological polar surface area (TPSA) is 57.2 Å². The SMILES string of the molecule is CCCC(=C(C)C(=O)OCCN(C)C)[Si](OCC)(OCC)OCC. The fraction of sp³-hybridized carbons (Fsp3) is 0.824. The van der Waals surface area contributed by atoms with Gasteiger partial charge >= 0.3 is 14.8 Å². The van der Waals surface area contributed by atoms with Gasteiger partial charge in [-0.3, -0.25) is 0 Å². The summed E-state index contributed by atoms with van der Waals surface area (Å²) in [7, 11) is 0.817. The van der Waals surface area contributed by atoms with Gasteiger partial charge < -0.3 is 22.9 Å². The lowest BCUT2D eigenvalue weighted by Gasteiger charge is -2.31. The van der Waals surface area contributed by atoms with Gasteiger partial charge in [-0.25, -0.2) is 4.79 Å². The van der Waals surface area contributed by atoms with Gasteiger partial charge in [0.25, 0.3) is 0 Å². The number of hydrogen-bond donors (Lipinski definition) is 0. The van der Waals surface area contributed by atoms with Crippen molar-refractivity contribution < 1.29 is 22.8 Å². The van der Waals surface area contributed by atoms with Crippen LogP contribution in [-0.4, -0.2) is 66.7 Å². The van der Waals surface area contributed by atoms with Gasteiger partial charge in [0.1, 0.15) is 6.61 Å². The first kappa shape index (κ1) is 23.3. The molecule has 0 aromatic rings. The molecule has 0 radical (unpaired) electrons. The molecule has 6 nitrogen and oxygen atoms in total. The molecule has 0 saturated carbocycles. The molecule has 0 N–H and O–H groups in total. The Morgan fingerprint density at radius 2 is 1.46 bits per heavy atom. The van der Waals surface area contributed by atoms with E-state index in [0.717, 1.165) is 11.6 Å². The van der Waals surface area contributed by atoms with Crippen LogP contribution in [0, 0.1) is 0 Å². The molecule has 0 rings (SSSR count). The van der Waals surface area contributed by atoms with Gasteiger partial charge in [-0.15, -0.1) is 0 Å². The maximum absolute atomic E-state index is 12.5. The second-order valence-corrected chi connectivity index (χ2v) is 8.23. The number of likely N-dealkylation sites (N-methyl/N-ethyl adjacent to an activating group) is 1. The summed E-state index contributed by atoms with van der Waals surface area (Å²) in [6.07, 6.45) is 1.57. The minimum Gasteiger partial charge on any atom is -0.461 e. The highest BCUT2D eigenvalue weighted by Gasteiger charge is 2.46. The summed E-state index contributed by atoms with van der Waals surface area (Å²) < 4.78 is 23.3. The Balaban J connectivity index is 5.57. The summed E-state index contributed by atoms with van der Waals surface area (Å²) in [4.78, 5) is 14.4. The molecule has 24 heavy (non-hydrogen) atoms. The summed E-state index contributed by atoms with van der Waals surface area (Å²) in [5.41, 5.74) is 0.553. The molecule has 142 valence electrons. The number of nitrogens with zero attached hydrogens (tertiary/aromatic N) is 1. The highest BCUT2D eigenvalue weighted by molar-refractivity contribution is 6.69. The first-order valence-electron chi connectivity index (χ1n) is 8.82. The lowest BCUT2D eigenvalue weighted by Crippen LogP contribution is -2.49. The van der Waals surface area contributed by atoms with Crippen molar-refractivity contribution in [2.24, 2.45) is 0 Å². The van der Waals surface area contributed by atoms with E-state index in [-0.39, 0.29) is 5.97 Å². The number of esters is 1. The number of carbonyl (C=O) groups excluding carboxylic acids is 1. The number of carbonyl (C=O) groups is 1. The van der Waals surface area contributed by atoms with Crippen molar-refractivity contribution >= 4 is 14.8 Å². The molecule has 0 atom stereocenters. The number of ether oxygens (including phenoxy) is 1. The lowest BCUT2D eigenvalue weighted by atomic mass is 10.2. The molecule has 0 saturated heterocycles. The van der Waals surface area contributed by atoms with E-state index in [1.807, 2.05) is 39.8 Å². The Hall–Kier alpha value is -0.733. The van der Waals surface area contributed by atoms with Crippen LogP contribution in [0.15, 0.2) is 10.8 Å². The van der Waals surface area contributed by atoms with Crippen LogP contribution in [0.1, 0.15) is 47.5 Å². The summed E-state index contributed by atoms with van der Waals surface area (Å²) in [6.45, 7) is 12.0. The molecule has 0 aliphatic rings. The van der Waals surface area contributed by atoms with Gasteiger partial charge in [-0.2, -0.15) is 0 Å². The third-order valence-corrected chi connectivity index (χ3v) is 6.77. The minimum absolute atomic E-state index is 0.323. The van der Waals surface area contributed by atoms with Gasteiger partial charge in [-0.1, -0.05) is 13.3 Å². The fourth-order valence-electron chi connectivity index (χ4n) is 2.33. The Morgan fingerprint density at radius 1 is 0.958 bits per heavy atom. The van der Waals surface area contributed by atoms with E-state index >= 15 is 0 Å². The molecule has 0 heterocycles. The van der Waals surface area contributed by atoms with Crippen LogP contribution < -0.4 is 0 Å². The number of rotatable bonds is 13. The van der Waals surface area contributed by atoms with Crippen molar-refractivity contribution in [3.8, 4) is 0 Å². The predicted molar refractivity (Wildman–Crippen MR) is 97.8 cm³/mol. The molecule has 7 heteroatoms. The van der Waals surface area contributed by atoms with Crippen LogP contribution in [-0.2, 0) is 22.8 Å². The first-order valence-corrected chi connectivity index (χ1v) is 10.5. The van der Waals surface area contributed by atoms with Crippen LogP contribution in [0.25, 0.3) is 0 Å². The average Bonchev–Trinajstić information content (AvgIpc) is 2.52. The van der Waals surface area contributed by atoms with Crippen molar-refractivity contribution in [3.05, 3.63) is 10.8 Å². The molecule has 0 amide bonds. The Labute approximate surface area is 148 Å². The van der Waals surface area contributed by atoms with Crippen LogP contribution in [0.5, 0.6) is 0 Å². The molecule has 0 aliphatic heterocycles. The summed E-state index contributed by atoms with van der Waals surface area (Å²) in [5.74, 6) is -0.323. The molecule has 0 spiro atoms. The Bertz CT molecular complexity index is 381. The van der Waals surface area contributed by atoms with Crippen LogP contribution in [0.4, 0.5) is 0 Å². The zero-order chi connectivity index (χ0) is 18.6. The zero-order valence-electron chi connectivity index (χ0n) is 16.4. The van der Waals surface area contributed by atoms with Gasteiger partial charge in [0.2, 0.25) is 0 Å². The molecule has 0 unspecified atom stereocenters. The van der Waals surface area contributed by atoms with E-state index in [2.05, 4.69) is 6.92 Å². The third-order valence-electron chi connectivity index (χ3n) is 3.40. The summed E-state index contributed by atoms with van der Waals surface area (Å²) in [6, 6.07) is 0. The van der Waals surface area contributed by atoms with E-state index in [1.165, 1.54) is 0 Å². The Morgan fingerprint density at radius 3 is 1.83 bits per heavy atom. The van der Waals surface area contributed by atoms with Crippen LogP contribution >= 0.6 is 0 Å².